The highest BCUT2D eigenvalue weighted by atomic mass is 16.5. The average Bonchev–Trinajstić information content (AvgIpc) is 2.30. The topological polar surface area (TPSA) is 102 Å². The van der Waals surface area contributed by atoms with E-state index in [4.69, 9.17) is 10.8 Å². The van der Waals surface area contributed by atoms with Gasteiger partial charge in [0, 0.05) is 13.1 Å². The molecule has 0 aliphatic carbocycles. The minimum absolute atomic E-state index is 0.0279. The molecule has 98 valence electrons. The van der Waals surface area contributed by atoms with Crippen LogP contribution in [0, 0.1) is 0 Å². The molecule has 0 spiro atoms. The molecule has 6 nitrogen and oxygen atoms in total. The third-order valence-electron chi connectivity index (χ3n) is 2.23. The molecular formula is C12H16N2O4. The molecule has 6 heteroatoms. The molecule has 0 aliphatic heterocycles. The van der Waals surface area contributed by atoms with E-state index in [9.17, 15) is 9.59 Å². The van der Waals surface area contributed by atoms with E-state index in [0.29, 0.717) is 13.1 Å². The van der Waals surface area contributed by atoms with Crippen molar-refractivity contribution in [3.63, 3.8) is 0 Å². The second-order valence-corrected chi connectivity index (χ2v) is 3.73. The fourth-order valence-electron chi connectivity index (χ4n) is 1.41. The fourth-order valence-corrected chi connectivity index (χ4v) is 1.41. The fraction of sp³-hybridized carbons (Fsp3) is 0.333. The summed E-state index contributed by atoms with van der Waals surface area (Å²) in [7, 11) is 0. The second-order valence-electron chi connectivity index (χ2n) is 3.73. The maximum absolute atomic E-state index is 10.5. The van der Waals surface area contributed by atoms with E-state index >= 15 is 0 Å². The van der Waals surface area contributed by atoms with Crippen LogP contribution in [0.5, 0.6) is 0 Å². The van der Waals surface area contributed by atoms with Crippen LogP contribution in [0.2, 0.25) is 0 Å². The molecular weight excluding hydrogens is 236 g/mol. The van der Waals surface area contributed by atoms with Crippen LogP contribution in [0.1, 0.15) is 11.1 Å². The molecule has 0 radical (unpaired) electrons. The van der Waals surface area contributed by atoms with Crippen LogP contribution in [-0.4, -0.2) is 30.3 Å². The van der Waals surface area contributed by atoms with Gasteiger partial charge in [-0.15, -0.1) is 0 Å². The summed E-state index contributed by atoms with van der Waals surface area (Å²) in [6, 6.07) is 7.29. The molecule has 0 atom stereocenters. The van der Waals surface area contributed by atoms with Gasteiger partial charge >= 0.3 is 12.1 Å². The summed E-state index contributed by atoms with van der Waals surface area (Å²) < 4.78 is 4.55. The molecule has 0 heterocycles. The van der Waals surface area contributed by atoms with Gasteiger partial charge in [0.1, 0.15) is 6.61 Å². The van der Waals surface area contributed by atoms with Crippen LogP contribution in [-0.2, 0) is 22.5 Å². The monoisotopic (exact) mass is 252 g/mol. The van der Waals surface area contributed by atoms with E-state index in [2.05, 4.69) is 10.1 Å². The number of amides is 1. The normalized spacial score (nSPS) is 10.0. The van der Waals surface area contributed by atoms with E-state index in [-0.39, 0.29) is 13.0 Å². The summed E-state index contributed by atoms with van der Waals surface area (Å²) in [4.78, 5) is 20.8. The summed E-state index contributed by atoms with van der Waals surface area (Å²) >= 11 is 0. The van der Waals surface area contributed by atoms with Gasteiger partial charge in [0.15, 0.2) is 0 Å². The largest absolute Gasteiger partial charge is 0.481 e. The van der Waals surface area contributed by atoms with Gasteiger partial charge in [-0.05, 0) is 11.1 Å². The van der Waals surface area contributed by atoms with Crippen LogP contribution in [0.3, 0.4) is 0 Å². The van der Waals surface area contributed by atoms with E-state index in [1.807, 2.05) is 12.1 Å². The third kappa shape index (κ3) is 5.86. The van der Waals surface area contributed by atoms with Crippen LogP contribution in [0.15, 0.2) is 24.3 Å². The van der Waals surface area contributed by atoms with Crippen molar-refractivity contribution in [3.8, 4) is 0 Å². The second kappa shape index (κ2) is 7.29. The Kier molecular flexibility index (Phi) is 5.66. The molecule has 0 unspecified atom stereocenters. The van der Waals surface area contributed by atoms with Crippen LogP contribution >= 0.6 is 0 Å². The first-order chi connectivity index (χ1) is 8.58. The summed E-state index contributed by atoms with van der Waals surface area (Å²) in [5, 5.41) is 11.7. The Hall–Kier alpha value is -2.08. The van der Waals surface area contributed by atoms with Gasteiger partial charge in [0.25, 0.3) is 0 Å². The number of carboxylic acid groups (broad SMARTS) is 1. The van der Waals surface area contributed by atoms with Gasteiger partial charge < -0.3 is 20.9 Å². The minimum atomic E-state index is -0.843. The van der Waals surface area contributed by atoms with E-state index < -0.39 is 12.1 Å². The van der Waals surface area contributed by atoms with Gasteiger partial charge in [-0.1, -0.05) is 24.3 Å². The predicted octanol–water partition coefficient (Wildman–Crippen LogP) is 0.499. The SMILES string of the molecule is NC(=O)OCCNCc1ccc(CC(=O)O)cc1. The van der Waals surface area contributed by atoms with Crippen molar-refractivity contribution in [1.82, 2.24) is 5.32 Å². The molecule has 0 fully saturated rings. The highest BCUT2D eigenvalue weighted by Crippen LogP contribution is 2.05. The van der Waals surface area contributed by atoms with Crippen molar-refractivity contribution in [1.29, 1.82) is 0 Å². The Balaban J connectivity index is 2.26. The van der Waals surface area contributed by atoms with E-state index in [1.54, 1.807) is 12.1 Å². The Morgan fingerprint density at radius 2 is 1.83 bits per heavy atom. The summed E-state index contributed by atoms with van der Waals surface area (Å²) in [6.07, 6.45) is -0.755. The molecule has 1 aromatic carbocycles. The van der Waals surface area contributed by atoms with Gasteiger partial charge in [0.2, 0.25) is 0 Å². The maximum Gasteiger partial charge on any atom is 0.404 e. The van der Waals surface area contributed by atoms with Crippen molar-refractivity contribution in [3.05, 3.63) is 35.4 Å². The molecule has 1 amide bonds. The van der Waals surface area contributed by atoms with E-state index in [1.165, 1.54) is 0 Å². The van der Waals surface area contributed by atoms with Crippen LogP contribution in [0.25, 0.3) is 0 Å². The molecule has 1 rings (SSSR count). The predicted molar refractivity (Wildman–Crippen MR) is 65.0 cm³/mol. The molecule has 0 bridgehead atoms. The molecule has 4 N–H and O–H groups in total. The number of aliphatic carboxylic acids is 1. The molecule has 1 aromatic rings. The molecule has 18 heavy (non-hydrogen) atoms. The number of primary amides is 1. The Morgan fingerprint density at radius 3 is 2.39 bits per heavy atom. The van der Waals surface area contributed by atoms with Crippen molar-refractivity contribution < 1.29 is 19.4 Å². The summed E-state index contributed by atoms with van der Waals surface area (Å²) in [6.45, 7) is 1.36. The number of nitrogens with two attached hydrogens (primary N) is 1. The van der Waals surface area contributed by atoms with Gasteiger partial charge in [-0.25, -0.2) is 4.79 Å². The lowest BCUT2D eigenvalue weighted by molar-refractivity contribution is -0.136. The van der Waals surface area contributed by atoms with Crippen LogP contribution < -0.4 is 11.1 Å². The standard InChI is InChI=1S/C12H16N2O4/c13-12(17)18-6-5-14-8-10-3-1-9(2-4-10)7-11(15)16/h1-4,14H,5-8H2,(H2,13,17)(H,15,16). The Morgan fingerprint density at radius 1 is 1.22 bits per heavy atom. The Bertz CT molecular complexity index is 403. The van der Waals surface area contributed by atoms with Gasteiger partial charge in [-0.3, -0.25) is 4.79 Å². The molecule has 0 aromatic heterocycles. The zero-order valence-electron chi connectivity index (χ0n) is 9.89. The summed E-state index contributed by atoms with van der Waals surface area (Å²) in [5.41, 5.74) is 6.60. The summed E-state index contributed by atoms with van der Waals surface area (Å²) in [5.74, 6) is -0.843. The zero-order valence-corrected chi connectivity index (χ0v) is 9.89. The average molecular weight is 252 g/mol. The lowest BCUT2D eigenvalue weighted by Crippen LogP contribution is -2.23. The molecule has 0 saturated heterocycles. The van der Waals surface area contributed by atoms with Gasteiger partial charge in [0.05, 0.1) is 6.42 Å². The zero-order chi connectivity index (χ0) is 13.4. The Labute approximate surface area is 105 Å². The lowest BCUT2D eigenvalue weighted by Gasteiger charge is -2.05. The van der Waals surface area contributed by atoms with Gasteiger partial charge in [-0.2, -0.15) is 0 Å². The quantitative estimate of drug-likeness (QED) is 0.613. The first-order valence-corrected chi connectivity index (χ1v) is 5.50. The maximum atomic E-state index is 10.5. The number of benzene rings is 1. The number of hydrogen-bond acceptors (Lipinski definition) is 4. The number of ether oxygens (including phenoxy) is 1. The minimum Gasteiger partial charge on any atom is -0.481 e. The number of rotatable bonds is 7. The highest BCUT2D eigenvalue weighted by Gasteiger charge is 2.00. The smallest absolute Gasteiger partial charge is 0.404 e. The van der Waals surface area contributed by atoms with E-state index in [0.717, 1.165) is 11.1 Å². The number of nitrogens with one attached hydrogen (secondary N) is 1. The number of hydrogen-bond donors (Lipinski definition) is 3. The third-order valence-corrected chi connectivity index (χ3v) is 2.23. The number of carbonyl (C=O) groups excluding carboxylic acids is 1. The van der Waals surface area contributed by atoms with Crippen molar-refractivity contribution >= 4 is 12.1 Å². The number of carboxylic acids is 1. The first-order valence-electron chi connectivity index (χ1n) is 5.50. The first kappa shape index (κ1) is 14.0. The van der Waals surface area contributed by atoms with Crippen molar-refractivity contribution in [2.75, 3.05) is 13.2 Å². The lowest BCUT2D eigenvalue weighted by atomic mass is 10.1. The molecule has 0 saturated carbocycles. The van der Waals surface area contributed by atoms with Crippen molar-refractivity contribution in [2.24, 2.45) is 5.73 Å². The molecule has 0 aliphatic rings. The highest BCUT2D eigenvalue weighted by molar-refractivity contribution is 5.70. The van der Waals surface area contributed by atoms with Crippen LogP contribution in [0.4, 0.5) is 4.79 Å². The van der Waals surface area contributed by atoms with Crippen molar-refractivity contribution in [2.45, 2.75) is 13.0 Å². The number of carbonyl (C=O) groups is 2.